The third-order valence-corrected chi connectivity index (χ3v) is 8.95. The number of carboxylic acid groups (broad SMARTS) is 1. The summed E-state index contributed by atoms with van der Waals surface area (Å²) in [5.41, 5.74) is -0.0542. The average molecular weight is 533 g/mol. The highest BCUT2D eigenvalue weighted by Crippen LogP contribution is 2.56. The maximum absolute atomic E-state index is 13.3. The van der Waals surface area contributed by atoms with Crippen molar-refractivity contribution in [2.45, 2.75) is 97.1 Å². The van der Waals surface area contributed by atoms with Crippen LogP contribution in [0.25, 0.3) is 0 Å². The molecule has 0 bridgehead atoms. The first-order valence-corrected chi connectivity index (χ1v) is 13.7. The van der Waals surface area contributed by atoms with E-state index in [0.717, 1.165) is 31.2 Å². The van der Waals surface area contributed by atoms with Gasteiger partial charge in [-0.25, -0.2) is 4.79 Å². The van der Waals surface area contributed by atoms with Crippen LogP contribution in [0.3, 0.4) is 0 Å². The molecule has 3 heterocycles. The van der Waals surface area contributed by atoms with Crippen molar-refractivity contribution >= 4 is 17.7 Å². The first kappa shape index (κ1) is 28.4. The number of carbonyl (C=O) groups excluding carboxylic acids is 2. The molecule has 1 aromatic rings. The lowest BCUT2D eigenvalue weighted by atomic mass is 9.75. The SMILES string of the molecule is CCCCC[C@@H]1Cc2cc(O)c(C(=O)O)c3c2[C@H](C[C@@]2(OC[C@@H](CC(=O)C(C)(CC)C(=O)OC)[C@@H]2C)O3)O1. The highest BCUT2D eigenvalue weighted by atomic mass is 16.7. The van der Waals surface area contributed by atoms with E-state index in [1.54, 1.807) is 13.8 Å². The van der Waals surface area contributed by atoms with Crippen molar-refractivity contribution in [3.8, 4) is 11.5 Å². The molecule has 2 N–H and O–H groups in total. The Labute approximate surface area is 223 Å². The van der Waals surface area contributed by atoms with E-state index >= 15 is 0 Å². The lowest BCUT2D eigenvalue weighted by molar-refractivity contribution is -0.214. The second-order valence-electron chi connectivity index (χ2n) is 11.2. The topological polar surface area (TPSA) is 129 Å². The van der Waals surface area contributed by atoms with Crippen molar-refractivity contribution in [2.75, 3.05) is 13.7 Å². The maximum Gasteiger partial charge on any atom is 0.343 e. The molecular weight excluding hydrogens is 492 g/mol. The highest BCUT2D eigenvalue weighted by Gasteiger charge is 2.57. The van der Waals surface area contributed by atoms with Gasteiger partial charge in [-0.2, -0.15) is 0 Å². The molecule has 210 valence electrons. The van der Waals surface area contributed by atoms with Crippen LogP contribution in [0.1, 0.15) is 100 Å². The predicted molar refractivity (Wildman–Crippen MR) is 137 cm³/mol. The monoisotopic (exact) mass is 532 g/mol. The smallest absolute Gasteiger partial charge is 0.343 e. The summed E-state index contributed by atoms with van der Waals surface area (Å²) in [4.78, 5) is 37.8. The number of methoxy groups -OCH3 is 1. The lowest BCUT2D eigenvalue weighted by Gasteiger charge is -2.46. The molecule has 9 nitrogen and oxygen atoms in total. The number of ketones is 1. The number of carbonyl (C=O) groups is 3. The fourth-order valence-corrected chi connectivity index (χ4v) is 6.19. The number of aromatic hydroxyl groups is 1. The number of esters is 1. The Kier molecular flexibility index (Phi) is 8.09. The summed E-state index contributed by atoms with van der Waals surface area (Å²) < 4.78 is 24.1. The second-order valence-corrected chi connectivity index (χ2v) is 11.2. The third-order valence-electron chi connectivity index (χ3n) is 8.95. The Morgan fingerprint density at radius 1 is 1.24 bits per heavy atom. The Balaban J connectivity index is 1.65. The molecule has 1 aromatic carbocycles. The summed E-state index contributed by atoms with van der Waals surface area (Å²) in [5, 5.41) is 20.6. The molecule has 3 aliphatic heterocycles. The number of benzene rings is 1. The van der Waals surface area contributed by atoms with Crippen molar-refractivity contribution in [1.82, 2.24) is 0 Å². The number of hydrogen-bond donors (Lipinski definition) is 2. The molecule has 0 amide bonds. The van der Waals surface area contributed by atoms with Gasteiger partial charge in [0.15, 0.2) is 0 Å². The Morgan fingerprint density at radius 3 is 2.61 bits per heavy atom. The van der Waals surface area contributed by atoms with Gasteiger partial charge in [-0.15, -0.1) is 0 Å². The predicted octanol–water partition coefficient (Wildman–Crippen LogP) is 4.96. The molecule has 0 aliphatic carbocycles. The van der Waals surface area contributed by atoms with E-state index in [1.807, 2.05) is 6.92 Å². The van der Waals surface area contributed by atoms with Gasteiger partial charge in [-0.3, -0.25) is 9.59 Å². The van der Waals surface area contributed by atoms with Crippen molar-refractivity contribution in [3.63, 3.8) is 0 Å². The van der Waals surface area contributed by atoms with Crippen LogP contribution in [0.4, 0.5) is 0 Å². The van der Waals surface area contributed by atoms with Gasteiger partial charge in [-0.1, -0.05) is 40.0 Å². The quantitative estimate of drug-likeness (QED) is 0.244. The van der Waals surface area contributed by atoms with Crippen molar-refractivity contribution in [2.24, 2.45) is 17.3 Å². The molecule has 1 unspecified atom stereocenters. The van der Waals surface area contributed by atoms with E-state index in [0.29, 0.717) is 24.8 Å². The minimum Gasteiger partial charge on any atom is -0.507 e. The van der Waals surface area contributed by atoms with Gasteiger partial charge in [-0.05, 0) is 43.7 Å². The zero-order valence-corrected chi connectivity index (χ0v) is 23.0. The number of ether oxygens (including phenoxy) is 4. The normalized spacial score (nSPS) is 29.3. The van der Waals surface area contributed by atoms with Gasteiger partial charge in [0.05, 0.1) is 25.9 Å². The first-order valence-electron chi connectivity index (χ1n) is 13.7. The van der Waals surface area contributed by atoms with Crippen LogP contribution in [0.2, 0.25) is 0 Å². The summed E-state index contributed by atoms with van der Waals surface area (Å²) in [7, 11) is 1.27. The van der Waals surface area contributed by atoms with E-state index in [1.165, 1.54) is 13.2 Å². The largest absolute Gasteiger partial charge is 0.507 e. The fraction of sp³-hybridized carbons (Fsp3) is 0.690. The molecule has 1 spiro atoms. The van der Waals surface area contributed by atoms with E-state index in [9.17, 15) is 24.6 Å². The van der Waals surface area contributed by atoms with E-state index in [-0.39, 0.29) is 53.8 Å². The van der Waals surface area contributed by atoms with Crippen LogP contribution in [-0.4, -0.2) is 53.5 Å². The Hall–Kier alpha value is -2.65. The molecule has 0 saturated carbocycles. The number of rotatable bonds is 10. The number of hydrogen-bond acceptors (Lipinski definition) is 8. The molecule has 4 rings (SSSR count). The molecule has 1 saturated heterocycles. The van der Waals surface area contributed by atoms with Gasteiger partial charge in [0, 0.05) is 24.3 Å². The van der Waals surface area contributed by atoms with Gasteiger partial charge >= 0.3 is 11.9 Å². The molecule has 38 heavy (non-hydrogen) atoms. The molecule has 1 fully saturated rings. The fourth-order valence-electron chi connectivity index (χ4n) is 6.19. The minimum atomic E-state index is -1.30. The van der Waals surface area contributed by atoms with Crippen LogP contribution in [-0.2, 0) is 30.2 Å². The van der Waals surface area contributed by atoms with Crippen molar-refractivity contribution in [1.29, 1.82) is 0 Å². The minimum absolute atomic E-state index is 0.0588. The zero-order chi connectivity index (χ0) is 27.8. The summed E-state index contributed by atoms with van der Waals surface area (Å²) in [6, 6.07) is 1.53. The number of unbranched alkanes of at least 4 members (excludes halogenated alkanes) is 2. The summed E-state index contributed by atoms with van der Waals surface area (Å²) in [6.07, 6.45) is 4.88. The molecule has 0 aromatic heterocycles. The van der Waals surface area contributed by atoms with Crippen molar-refractivity contribution in [3.05, 3.63) is 22.8 Å². The average Bonchev–Trinajstić information content (AvgIpc) is 3.16. The number of Topliss-reactive ketones (excluding diaryl/α,β-unsaturated/α-hetero) is 1. The van der Waals surface area contributed by atoms with Gasteiger partial charge < -0.3 is 29.2 Å². The highest BCUT2D eigenvalue weighted by molar-refractivity contribution is 6.03. The van der Waals surface area contributed by atoms with E-state index in [4.69, 9.17) is 18.9 Å². The molecular formula is C29H40O9. The second kappa shape index (κ2) is 10.8. The lowest BCUT2D eigenvalue weighted by Crippen LogP contribution is -2.48. The van der Waals surface area contributed by atoms with Gasteiger partial charge in [0.25, 0.3) is 0 Å². The summed E-state index contributed by atoms with van der Waals surface area (Å²) in [5.74, 6) is -4.13. The van der Waals surface area contributed by atoms with Crippen LogP contribution >= 0.6 is 0 Å². The van der Waals surface area contributed by atoms with Crippen LogP contribution in [0.15, 0.2) is 6.07 Å². The van der Waals surface area contributed by atoms with Gasteiger partial charge in [0.2, 0.25) is 5.79 Å². The van der Waals surface area contributed by atoms with Crippen LogP contribution < -0.4 is 4.74 Å². The first-order chi connectivity index (χ1) is 18.0. The van der Waals surface area contributed by atoms with Crippen LogP contribution in [0.5, 0.6) is 11.5 Å². The van der Waals surface area contributed by atoms with Crippen LogP contribution in [0, 0.1) is 17.3 Å². The van der Waals surface area contributed by atoms with Crippen molar-refractivity contribution < 1.29 is 43.5 Å². The molecule has 6 atom stereocenters. The zero-order valence-electron chi connectivity index (χ0n) is 23.0. The third kappa shape index (κ3) is 4.79. The number of phenols is 1. The standard InChI is InChI=1S/C29H40O9/c1-6-8-9-10-19-11-17-12-20(30)24(26(32)33)25-23(17)21(37-19)14-29(38-25)16(3)18(15-36-29)13-22(31)28(4,7-2)27(34)35-5/h12,16,18-19,21,30H,6-11,13-15H2,1-5H3,(H,32,33)/t16-,18+,19+,21-,28?,29+/m0/s1. The Morgan fingerprint density at radius 2 is 1.97 bits per heavy atom. The van der Waals surface area contributed by atoms with E-state index < -0.39 is 29.2 Å². The molecule has 0 radical (unpaired) electrons. The molecule has 9 heteroatoms. The maximum atomic E-state index is 13.3. The summed E-state index contributed by atoms with van der Waals surface area (Å²) in [6.45, 7) is 7.65. The van der Waals surface area contributed by atoms with Gasteiger partial charge in [0.1, 0.15) is 28.3 Å². The van der Waals surface area contributed by atoms with E-state index in [2.05, 4.69) is 6.92 Å². The number of aromatic carboxylic acids is 1. The summed E-state index contributed by atoms with van der Waals surface area (Å²) >= 11 is 0. The Bertz CT molecular complexity index is 1100. The molecule has 3 aliphatic rings. The number of carboxylic acids is 1.